The van der Waals surface area contributed by atoms with Gasteiger partial charge in [-0.1, -0.05) is 92.3 Å². The zero-order valence-corrected chi connectivity index (χ0v) is 13.8. The second-order valence-electron chi connectivity index (χ2n) is 5.67. The smallest absolute Gasteiger partial charge is 0.0152 e. The van der Waals surface area contributed by atoms with E-state index in [0.717, 1.165) is 25.7 Å². The monoisotopic (exact) mass is 290 g/mol. The molecule has 0 nitrogen and oxygen atoms in total. The lowest BCUT2D eigenvalue weighted by Crippen LogP contribution is -1.90. The van der Waals surface area contributed by atoms with E-state index in [4.69, 9.17) is 0 Å². The van der Waals surface area contributed by atoms with E-state index in [1.807, 2.05) is 0 Å². The molecule has 0 atom stereocenters. The molecule has 0 bridgehead atoms. The van der Waals surface area contributed by atoms with Gasteiger partial charge in [-0.3, -0.25) is 0 Å². The average molecular weight is 290 g/mol. The molecule has 0 unspecified atom stereocenters. The number of fused-ring (bicyclic) bond motifs is 1. The fourth-order valence-electron chi connectivity index (χ4n) is 2.65. The Labute approximate surface area is 134 Å². The van der Waals surface area contributed by atoms with Gasteiger partial charge in [-0.05, 0) is 42.0 Å². The van der Waals surface area contributed by atoms with Crippen LogP contribution in [-0.4, -0.2) is 0 Å². The van der Waals surface area contributed by atoms with Crippen LogP contribution in [0, 0.1) is 0 Å². The average Bonchev–Trinajstić information content (AvgIpc) is 2.57. The number of benzene rings is 2. The van der Waals surface area contributed by atoms with Crippen molar-refractivity contribution in [2.45, 2.75) is 39.5 Å². The van der Waals surface area contributed by atoms with Gasteiger partial charge >= 0.3 is 0 Å². The number of aryl methyl sites for hydroxylation is 1. The lowest BCUT2D eigenvalue weighted by atomic mass is 9.98. The van der Waals surface area contributed by atoms with Crippen LogP contribution in [-0.2, 0) is 6.42 Å². The first-order valence-electron chi connectivity index (χ1n) is 8.26. The molecule has 0 aliphatic carbocycles. The van der Waals surface area contributed by atoms with Crippen molar-refractivity contribution in [2.24, 2.45) is 0 Å². The van der Waals surface area contributed by atoms with E-state index >= 15 is 0 Å². The van der Waals surface area contributed by atoms with Gasteiger partial charge in [0.2, 0.25) is 0 Å². The first kappa shape index (κ1) is 16.3. The summed E-state index contributed by atoms with van der Waals surface area (Å²) >= 11 is 0. The molecule has 2 rings (SSSR count). The van der Waals surface area contributed by atoms with Crippen LogP contribution in [0.5, 0.6) is 0 Å². The molecular weight excluding hydrogens is 264 g/mol. The van der Waals surface area contributed by atoms with Crippen molar-refractivity contribution in [2.75, 3.05) is 0 Å². The van der Waals surface area contributed by atoms with Crippen molar-refractivity contribution >= 4 is 10.8 Å². The van der Waals surface area contributed by atoms with Gasteiger partial charge in [0.05, 0.1) is 0 Å². The highest BCUT2D eigenvalue weighted by molar-refractivity contribution is 5.85. The third kappa shape index (κ3) is 4.46. The van der Waals surface area contributed by atoms with Crippen LogP contribution in [0.25, 0.3) is 10.8 Å². The summed E-state index contributed by atoms with van der Waals surface area (Å²) in [6.07, 6.45) is 11.0. The fraction of sp³-hybridized carbons (Fsp3) is 0.273. The molecule has 0 spiro atoms. The molecule has 0 aromatic heterocycles. The van der Waals surface area contributed by atoms with Crippen molar-refractivity contribution < 1.29 is 0 Å². The molecule has 0 amide bonds. The first-order valence-corrected chi connectivity index (χ1v) is 8.26. The van der Waals surface area contributed by atoms with Gasteiger partial charge in [0.15, 0.2) is 0 Å². The summed E-state index contributed by atoms with van der Waals surface area (Å²) in [5.74, 6) is 0. The van der Waals surface area contributed by atoms with Crippen LogP contribution >= 0.6 is 0 Å². The summed E-state index contributed by atoms with van der Waals surface area (Å²) in [6.45, 7) is 8.39. The van der Waals surface area contributed by atoms with E-state index in [-0.39, 0.29) is 0 Å². The Morgan fingerprint density at radius 1 is 1.00 bits per heavy atom. The summed E-state index contributed by atoms with van der Waals surface area (Å²) in [4.78, 5) is 0. The quantitative estimate of drug-likeness (QED) is 0.502. The van der Waals surface area contributed by atoms with Gasteiger partial charge in [0.1, 0.15) is 0 Å². The van der Waals surface area contributed by atoms with Crippen LogP contribution in [0.1, 0.15) is 38.7 Å². The third-order valence-corrected chi connectivity index (χ3v) is 4.02. The zero-order valence-electron chi connectivity index (χ0n) is 13.8. The van der Waals surface area contributed by atoms with Crippen LogP contribution < -0.4 is 0 Å². The number of rotatable bonds is 7. The maximum Gasteiger partial charge on any atom is -0.0152 e. The summed E-state index contributed by atoms with van der Waals surface area (Å²) in [6, 6.07) is 15.2. The van der Waals surface area contributed by atoms with Crippen molar-refractivity contribution in [1.82, 2.24) is 0 Å². The molecule has 22 heavy (non-hydrogen) atoms. The summed E-state index contributed by atoms with van der Waals surface area (Å²) < 4.78 is 0. The standard InChI is InChI=1S/C22H26/c1-4-9-19(15-14-18(3)5-2)16-17-21-12-8-11-20-10-6-7-13-22(20)21/h6-15H,3-5,16-17H2,1-2H3/b15-14-,19-9+. The first-order chi connectivity index (χ1) is 10.7. The minimum absolute atomic E-state index is 1.01. The van der Waals surface area contributed by atoms with Crippen LogP contribution in [0.4, 0.5) is 0 Å². The maximum atomic E-state index is 4.05. The molecule has 0 radical (unpaired) electrons. The van der Waals surface area contributed by atoms with Gasteiger partial charge in [-0.15, -0.1) is 0 Å². The number of allylic oxidation sites excluding steroid dienone is 5. The number of hydrogen-bond acceptors (Lipinski definition) is 0. The van der Waals surface area contributed by atoms with E-state index in [0.29, 0.717) is 0 Å². The molecular formula is C22H26. The van der Waals surface area contributed by atoms with E-state index in [1.165, 1.54) is 27.5 Å². The Morgan fingerprint density at radius 2 is 1.77 bits per heavy atom. The Morgan fingerprint density at radius 3 is 2.55 bits per heavy atom. The second kappa shape index (κ2) is 8.38. The molecule has 0 heterocycles. The Balaban J connectivity index is 2.13. The van der Waals surface area contributed by atoms with Crippen molar-refractivity contribution in [3.63, 3.8) is 0 Å². The van der Waals surface area contributed by atoms with Crippen LogP contribution in [0.3, 0.4) is 0 Å². The summed E-state index contributed by atoms with van der Waals surface area (Å²) in [5.41, 5.74) is 4.03. The highest BCUT2D eigenvalue weighted by Crippen LogP contribution is 2.21. The Hall–Kier alpha value is -2.08. The maximum absolute atomic E-state index is 4.05. The molecule has 2 aromatic carbocycles. The van der Waals surface area contributed by atoms with Crippen LogP contribution in [0.15, 0.2) is 78.4 Å². The topological polar surface area (TPSA) is 0 Å². The molecule has 114 valence electrons. The molecule has 0 saturated heterocycles. The normalized spacial score (nSPS) is 12.2. The van der Waals surface area contributed by atoms with Gasteiger partial charge in [-0.2, -0.15) is 0 Å². The van der Waals surface area contributed by atoms with Crippen molar-refractivity contribution in [3.8, 4) is 0 Å². The van der Waals surface area contributed by atoms with E-state index < -0.39 is 0 Å². The van der Waals surface area contributed by atoms with Gasteiger partial charge in [-0.25, -0.2) is 0 Å². The molecule has 2 aromatic rings. The van der Waals surface area contributed by atoms with Crippen LogP contribution in [0.2, 0.25) is 0 Å². The predicted molar refractivity (Wildman–Crippen MR) is 99.2 cm³/mol. The highest BCUT2D eigenvalue weighted by atomic mass is 14.1. The van der Waals surface area contributed by atoms with Crippen molar-refractivity contribution in [3.05, 3.63) is 84.0 Å². The van der Waals surface area contributed by atoms with Gasteiger partial charge < -0.3 is 0 Å². The lowest BCUT2D eigenvalue weighted by Gasteiger charge is -2.07. The van der Waals surface area contributed by atoms with E-state index in [2.05, 4.69) is 81.1 Å². The molecule has 0 N–H and O–H groups in total. The Bertz CT molecular complexity index is 681. The fourth-order valence-corrected chi connectivity index (χ4v) is 2.65. The molecule has 0 saturated carbocycles. The highest BCUT2D eigenvalue weighted by Gasteiger charge is 2.01. The van der Waals surface area contributed by atoms with Gasteiger partial charge in [0, 0.05) is 0 Å². The lowest BCUT2D eigenvalue weighted by molar-refractivity contribution is 0.961. The Kier molecular flexibility index (Phi) is 6.21. The predicted octanol–water partition coefficient (Wildman–Crippen LogP) is 6.63. The van der Waals surface area contributed by atoms with E-state index in [1.54, 1.807) is 0 Å². The van der Waals surface area contributed by atoms with Gasteiger partial charge in [0.25, 0.3) is 0 Å². The zero-order chi connectivity index (χ0) is 15.8. The van der Waals surface area contributed by atoms with Crippen molar-refractivity contribution in [1.29, 1.82) is 0 Å². The molecule has 0 fully saturated rings. The SMILES string of the molecule is C=C(/C=C\C(=C/CC)CCc1cccc2ccccc12)CC. The minimum Gasteiger partial charge on any atom is -0.0958 e. The molecule has 0 aliphatic heterocycles. The third-order valence-electron chi connectivity index (χ3n) is 4.02. The molecule has 0 heteroatoms. The summed E-state index contributed by atoms with van der Waals surface area (Å²) in [7, 11) is 0. The summed E-state index contributed by atoms with van der Waals surface area (Å²) in [5, 5.41) is 2.71. The minimum atomic E-state index is 1.01. The number of hydrogen-bond donors (Lipinski definition) is 0. The van der Waals surface area contributed by atoms with E-state index in [9.17, 15) is 0 Å². The second-order valence-corrected chi connectivity index (χ2v) is 5.67. The largest absolute Gasteiger partial charge is 0.0958 e. The molecule has 0 aliphatic rings.